The second kappa shape index (κ2) is 9.45. The van der Waals surface area contributed by atoms with Crippen LogP contribution >= 0.6 is 11.6 Å². The van der Waals surface area contributed by atoms with E-state index < -0.39 is 11.9 Å². The monoisotopic (exact) mass is 428 g/mol. The molecule has 2 aromatic carbocycles. The zero-order valence-corrected chi connectivity index (χ0v) is 17.6. The van der Waals surface area contributed by atoms with Crippen LogP contribution in [0.15, 0.2) is 48.5 Å². The van der Waals surface area contributed by atoms with Crippen LogP contribution in [0.1, 0.15) is 34.2 Å². The van der Waals surface area contributed by atoms with E-state index in [-0.39, 0.29) is 17.0 Å². The first-order valence-electron chi connectivity index (χ1n) is 9.29. The molecule has 1 heterocycles. The lowest BCUT2D eigenvalue weighted by atomic mass is 10.0. The quantitative estimate of drug-likeness (QED) is 0.513. The molecule has 3 rings (SSSR count). The molecule has 0 bridgehead atoms. The van der Waals surface area contributed by atoms with E-state index in [1.165, 1.54) is 18.9 Å². The maximum absolute atomic E-state index is 12.7. The molecule has 0 radical (unpaired) electrons. The van der Waals surface area contributed by atoms with Crippen molar-refractivity contribution >= 4 is 23.5 Å². The van der Waals surface area contributed by atoms with Crippen molar-refractivity contribution in [1.29, 1.82) is 0 Å². The summed E-state index contributed by atoms with van der Waals surface area (Å²) >= 11 is 6.22. The molecule has 0 amide bonds. The molecular formula is C22H21ClN2O5. The number of halogens is 1. The van der Waals surface area contributed by atoms with E-state index in [0.717, 1.165) is 6.42 Å². The van der Waals surface area contributed by atoms with Crippen LogP contribution in [-0.2, 0) is 9.47 Å². The molecule has 3 aromatic rings. The molecule has 156 valence electrons. The van der Waals surface area contributed by atoms with Crippen molar-refractivity contribution in [2.24, 2.45) is 0 Å². The average molecular weight is 429 g/mol. The number of aromatic nitrogens is 2. The number of esters is 2. The standard InChI is InChI=1S/C22H21ClN2O5/c1-4-12-30-17-11-10-14(23)13-16(17)19-18(21(26)28-2)20(22(27)29-3)25(24-19)15-8-6-5-7-9-15/h5-11,13H,4,12H2,1-3H3. The highest BCUT2D eigenvalue weighted by Gasteiger charge is 2.32. The number of methoxy groups -OCH3 is 2. The summed E-state index contributed by atoms with van der Waals surface area (Å²) in [4.78, 5) is 25.4. The van der Waals surface area contributed by atoms with Gasteiger partial charge < -0.3 is 14.2 Å². The van der Waals surface area contributed by atoms with Crippen LogP contribution in [0.2, 0.25) is 5.02 Å². The minimum atomic E-state index is -0.728. The first-order valence-corrected chi connectivity index (χ1v) is 9.67. The summed E-state index contributed by atoms with van der Waals surface area (Å²) in [5, 5.41) is 5.00. The number of carbonyl (C=O) groups excluding carboxylic acids is 2. The van der Waals surface area contributed by atoms with Gasteiger partial charge in [0.25, 0.3) is 0 Å². The van der Waals surface area contributed by atoms with Gasteiger partial charge in [-0.2, -0.15) is 5.10 Å². The van der Waals surface area contributed by atoms with Crippen molar-refractivity contribution in [3.05, 3.63) is 64.8 Å². The van der Waals surface area contributed by atoms with Gasteiger partial charge in [-0.3, -0.25) is 0 Å². The minimum absolute atomic E-state index is 0.0307. The third-order valence-electron chi connectivity index (χ3n) is 4.31. The number of ether oxygens (including phenoxy) is 3. The summed E-state index contributed by atoms with van der Waals surface area (Å²) in [5.41, 5.74) is 1.17. The largest absolute Gasteiger partial charge is 0.493 e. The number of nitrogens with zero attached hydrogens (tertiary/aromatic N) is 2. The Morgan fingerprint density at radius 3 is 2.37 bits per heavy atom. The van der Waals surface area contributed by atoms with E-state index in [2.05, 4.69) is 5.10 Å². The highest BCUT2D eigenvalue weighted by Crippen LogP contribution is 2.36. The van der Waals surface area contributed by atoms with Gasteiger partial charge in [-0.15, -0.1) is 0 Å². The van der Waals surface area contributed by atoms with Crippen molar-refractivity contribution in [2.75, 3.05) is 20.8 Å². The molecule has 0 atom stereocenters. The second-order valence-electron chi connectivity index (χ2n) is 6.29. The van der Waals surface area contributed by atoms with Crippen LogP contribution in [-0.4, -0.2) is 42.5 Å². The van der Waals surface area contributed by atoms with Gasteiger partial charge in [-0.25, -0.2) is 14.3 Å². The van der Waals surface area contributed by atoms with Gasteiger partial charge in [0.1, 0.15) is 17.0 Å². The van der Waals surface area contributed by atoms with E-state index in [4.69, 9.17) is 25.8 Å². The predicted octanol–water partition coefficient (Wildman–Crippen LogP) is 4.55. The summed E-state index contributed by atoms with van der Waals surface area (Å²) in [7, 11) is 2.47. The minimum Gasteiger partial charge on any atom is -0.493 e. The number of para-hydroxylation sites is 1. The van der Waals surface area contributed by atoms with Crippen LogP contribution in [0, 0.1) is 0 Å². The van der Waals surface area contributed by atoms with Gasteiger partial charge in [0.2, 0.25) is 0 Å². The highest BCUT2D eigenvalue weighted by atomic mass is 35.5. The van der Waals surface area contributed by atoms with Gasteiger partial charge in [-0.1, -0.05) is 36.7 Å². The van der Waals surface area contributed by atoms with E-state index in [1.807, 2.05) is 13.0 Å². The lowest BCUT2D eigenvalue weighted by Crippen LogP contribution is -2.15. The Morgan fingerprint density at radius 2 is 1.73 bits per heavy atom. The summed E-state index contributed by atoms with van der Waals surface area (Å²) in [6.45, 7) is 2.44. The van der Waals surface area contributed by atoms with Crippen molar-refractivity contribution in [3.63, 3.8) is 0 Å². The van der Waals surface area contributed by atoms with Crippen LogP contribution in [0.25, 0.3) is 16.9 Å². The lowest BCUT2D eigenvalue weighted by Gasteiger charge is -2.11. The van der Waals surface area contributed by atoms with E-state index >= 15 is 0 Å². The fourth-order valence-electron chi connectivity index (χ4n) is 2.97. The summed E-state index contributed by atoms with van der Waals surface area (Å²) in [5.74, 6) is -0.967. The van der Waals surface area contributed by atoms with Gasteiger partial charge in [0.15, 0.2) is 5.69 Å². The van der Waals surface area contributed by atoms with Gasteiger partial charge >= 0.3 is 11.9 Å². The number of hydrogen-bond donors (Lipinski definition) is 0. The van der Waals surface area contributed by atoms with Crippen LogP contribution in [0.4, 0.5) is 0 Å². The van der Waals surface area contributed by atoms with Gasteiger partial charge in [0.05, 0.1) is 26.5 Å². The van der Waals surface area contributed by atoms with Crippen molar-refractivity contribution in [2.45, 2.75) is 13.3 Å². The first kappa shape index (κ1) is 21.4. The Kier molecular flexibility index (Phi) is 6.74. The highest BCUT2D eigenvalue weighted by molar-refractivity contribution is 6.31. The predicted molar refractivity (Wildman–Crippen MR) is 112 cm³/mol. The van der Waals surface area contributed by atoms with Crippen molar-refractivity contribution in [1.82, 2.24) is 9.78 Å². The molecule has 7 nitrogen and oxygen atoms in total. The van der Waals surface area contributed by atoms with E-state index in [9.17, 15) is 9.59 Å². The average Bonchev–Trinajstić information content (AvgIpc) is 3.18. The molecule has 8 heteroatoms. The van der Waals surface area contributed by atoms with Gasteiger partial charge in [-0.05, 0) is 36.8 Å². The molecule has 0 aliphatic heterocycles. The zero-order chi connectivity index (χ0) is 21.7. The molecule has 30 heavy (non-hydrogen) atoms. The molecule has 0 saturated heterocycles. The smallest absolute Gasteiger partial charge is 0.357 e. The van der Waals surface area contributed by atoms with E-state index in [1.54, 1.807) is 42.5 Å². The first-order chi connectivity index (χ1) is 14.5. The maximum atomic E-state index is 12.7. The summed E-state index contributed by atoms with van der Waals surface area (Å²) in [6, 6.07) is 14.0. The Balaban J connectivity index is 2.35. The fraction of sp³-hybridized carbons (Fsp3) is 0.227. The molecule has 0 aliphatic carbocycles. The SMILES string of the molecule is CCCOc1ccc(Cl)cc1-c1nn(-c2ccccc2)c(C(=O)OC)c1C(=O)OC. The Morgan fingerprint density at radius 1 is 1.03 bits per heavy atom. The molecule has 0 saturated carbocycles. The van der Waals surface area contributed by atoms with Crippen LogP contribution in [0.5, 0.6) is 5.75 Å². The number of benzene rings is 2. The van der Waals surface area contributed by atoms with Crippen molar-refractivity contribution in [3.8, 4) is 22.7 Å². The Labute approximate surface area is 179 Å². The van der Waals surface area contributed by atoms with Crippen LogP contribution < -0.4 is 4.74 Å². The normalized spacial score (nSPS) is 10.5. The van der Waals surface area contributed by atoms with E-state index in [0.29, 0.717) is 28.6 Å². The molecule has 0 spiro atoms. The van der Waals surface area contributed by atoms with Crippen molar-refractivity contribution < 1.29 is 23.8 Å². The summed E-state index contributed by atoms with van der Waals surface area (Å²) < 4.78 is 17.1. The van der Waals surface area contributed by atoms with Crippen LogP contribution in [0.3, 0.4) is 0 Å². The summed E-state index contributed by atoms with van der Waals surface area (Å²) in [6.07, 6.45) is 0.789. The fourth-order valence-corrected chi connectivity index (χ4v) is 3.14. The second-order valence-corrected chi connectivity index (χ2v) is 6.73. The van der Waals surface area contributed by atoms with Gasteiger partial charge in [0, 0.05) is 10.6 Å². The third kappa shape index (κ3) is 4.16. The molecule has 0 fully saturated rings. The Hall–Kier alpha value is -3.32. The zero-order valence-electron chi connectivity index (χ0n) is 16.8. The molecular weight excluding hydrogens is 408 g/mol. The molecule has 1 aromatic heterocycles. The third-order valence-corrected chi connectivity index (χ3v) is 4.55. The Bertz CT molecular complexity index is 1060. The number of rotatable bonds is 7. The topological polar surface area (TPSA) is 79.7 Å². The lowest BCUT2D eigenvalue weighted by molar-refractivity contribution is 0.0549. The maximum Gasteiger partial charge on any atom is 0.357 e. The molecule has 0 N–H and O–H groups in total. The number of carbonyl (C=O) groups is 2. The molecule has 0 unspecified atom stereocenters. The molecule has 0 aliphatic rings. The number of hydrogen-bond acceptors (Lipinski definition) is 6.